The quantitative estimate of drug-likeness (QED) is 0.657. The van der Waals surface area contributed by atoms with Crippen LogP contribution in [0.4, 0.5) is 0 Å². The summed E-state index contributed by atoms with van der Waals surface area (Å²) in [6.07, 6.45) is 0. The third kappa shape index (κ3) is 1.70. The van der Waals surface area contributed by atoms with Crippen LogP contribution in [0.2, 0.25) is 0 Å². The Morgan fingerprint density at radius 3 is 2.30 bits per heavy atom. The number of nitrogens with zero attached hydrogens (tertiary/aromatic N) is 1. The Morgan fingerprint density at radius 2 is 1.60 bits per heavy atom. The second-order valence-electron chi connectivity index (χ2n) is 4.89. The number of aromatic nitrogens is 1. The van der Waals surface area contributed by atoms with Crippen LogP contribution in [-0.2, 0) is 0 Å². The van der Waals surface area contributed by atoms with Crippen LogP contribution in [0.25, 0.3) is 21.8 Å². The van der Waals surface area contributed by atoms with Crippen LogP contribution >= 0.6 is 0 Å². The van der Waals surface area contributed by atoms with Crippen molar-refractivity contribution in [3.63, 3.8) is 0 Å². The van der Waals surface area contributed by atoms with E-state index in [1.54, 1.807) is 14.2 Å². The first kappa shape index (κ1) is 12.7. The van der Waals surface area contributed by atoms with E-state index in [2.05, 4.69) is 19.1 Å². The number of hydrogen-bond donors (Lipinski definition) is 0. The fourth-order valence-corrected chi connectivity index (χ4v) is 2.66. The first-order valence-electron chi connectivity index (χ1n) is 6.58. The number of methoxy groups -OCH3 is 2. The standard InChI is InChI=1S/C17H17NO2/c1-10-11(2)16(19-3)17(20-4)13-9-12-7-5-6-8-14(12)18-15(10)13/h5-9H,1-4H3. The van der Waals surface area contributed by atoms with Crippen LogP contribution in [-0.4, -0.2) is 19.2 Å². The zero-order valence-corrected chi connectivity index (χ0v) is 12.2. The maximum absolute atomic E-state index is 5.57. The molecule has 1 aromatic heterocycles. The number of pyridine rings is 1. The van der Waals surface area contributed by atoms with Gasteiger partial charge in [-0.2, -0.15) is 0 Å². The van der Waals surface area contributed by atoms with Crippen molar-refractivity contribution in [2.24, 2.45) is 0 Å². The Hall–Kier alpha value is -2.29. The Bertz CT molecular complexity index is 809. The highest BCUT2D eigenvalue weighted by atomic mass is 16.5. The molecule has 3 rings (SSSR count). The molecule has 0 atom stereocenters. The zero-order valence-electron chi connectivity index (χ0n) is 12.2. The number of fused-ring (bicyclic) bond motifs is 2. The number of benzene rings is 2. The minimum Gasteiger partial charge on any atom is -0.493 e. The van der Waals surface area contributed by atoms with Gasteiger partial charge in [0.15, 0.2) is 11.5 Å². The molecule has 3 heteroatoms. The maximum atomic E-state index is 5.57. The minimum absolute atomic E-state index is 0.754. The SMILES string of the molecule is COc1c(C)c(C)c2nc3ccccc3cc2c1OC. The Balaban J connectivity index is 2.53. The predicted octanol–water partition coefficient (Wildman–Crippen LogP) is 4.02. The molecule has 0 saturated heterocycles. The van der Waals surface area contributed by atoms with E-state index in [0.717, 1.165) is 44.4 Å². The van der Waals surface area contributed by atoms with Crippen LogP contribution in [0.1, 0.15) is 11.1 Å². The molecule has 0 aliphatic heterocycles. The van der Waals surface area contributed by atoms with Gasteiger partial charge in [-0.3, -0.25) is 0 Å². The number of aryl methyl sites for hydroxylation is 1. The van der Waals surface area contributed by atoms with Crippen LogP contribution in [0, 0.1) is 13.8 Å². The number of hydrogen-bond acceptors (Lipinski definition) is 3. The maximum Gasteiger partial charge on any atom is 0.170 e. The first-order valence-corrected chi connectivity index (χ1v) is 6.58. The van der Waals surface area contributed by atoms with Crippen LogP contribution in [0.15, 0.2) is 30.3 Å². The summed E-state index contributed by atoms with van der Waals surface area (Å²) in [7, 11) is 3.34. The second-order valence-corrected chi connectivity index (χ2v) is 4.89. The molecule has 1 heterocycles. The van der Waals surface area contributed by atoms with Crippen molar-refractivity contribution < 1.29 is 9.47 Å². The summed E-state index contributed by atoms with van der Waals surface area (Å²) in [6, 6.07) is 10.2. The molecule has 102 valence electrons. The molecule has 0 amide bonds. The lowest BCUT2D eigenvalue weighted by Gasteiger charge is -2.16. The number of rotatable bonds is 2. The van der Waals surface area contributed by atoms with Gasteiger partial charge in [-0.05, 0) is 37.1 Å². The molecule has 20 heavy (non-hydrogen) atoms. The lowest BCUT2D eigenvalue weighted by molar-refractivity contribution is 0.356. The molecule has 0 aliphatic carbocycles. The molecule has 0 spiro atoms. The Morgan fingerprint density at radius 1 is 0.900 bits per heavy atom. The monoisotopic (exact) mass is 267 g/mol. The van der Waals surface area contributed by atoms with E-state index in [1.165, 1.54) is 0 Å². The smallest absolute Gasteiger partial charge is 0.170 e. The summed E-state index contributed by atoms with van der Waals surface area (Å²) in [5.74, 6) is 1.54. The number of para-hydroxylation sites is 1. The van der Waals surface area contributed by atoms with E-state index >= 15 is 0 Å². The van der Waals surface area contributed by atoms with Crippen LogP contribution < -0.4 is 9.47 Å². The summed E-state index contributed by atoms with van der Waals surface area (Å²) in [5, 5.41) is 2.09. The average Bonchev–Trinajstić information content (AvgIpc) is 2.49. The van der Waals surface area contributed by atoms with Crippen molar-refractivity contribution in [2.75, 3.05) is 14.2 Å². The topological polar surface area (TPSA) is 31.4 Å². The fourth-order valence-electron chi connectivity index (χ4n) is 2.66. The average molecular weight is 267 g/mol. The molecule has 0 aliphatic rings. The van der Waals surface area contributed by atoms with E-state index in [-0.39, 0.29) is 0 Å². The van der Waals surface area contributed by atoms with Crippen molar-refractivity contribution in [1.29, 1.82) is 0 Å². The highest BCUT2D eigenvalue weighted by Gasteiger charge is 2.17. The molecule has 0 bridgehead atoms. The molecule has 0 N–H and O–H groups in total. The summed E-state index contributed by atoms with van der Waals surface area (Å²) < 4.78 is 11.1. The van der Waals surface area contributed by atoms with Crippen molar-refractivity contribution in [3.8, 4) is 11.5 Å². The largest absolute Gasteiger partial charge is 0.493 e. The molecule has 0 radical (unpaired) electrons. The lowest BCUT2D eigenvalue weighted by Crippen LogP contribution is -1.99. The van der Waals surface area contributed by atoms with Crippen LogP contribution in [0.3, 0.4) is 0 Å². The van der Waals surface area contributed by atoms with Crippen molar-refractivity contribution in [2.45, 2.75) is 13.8 Å². The van der Waals surface area contributed by atoms with E-state index in [0.29, 0.717) is 0 Å². The van der Waals surface area contributed by atoms with Crippen molar-refractivity contribution in [1.82, 2.24) is 4.98 Å². The Kier molecular flexibility index (Phi) is 2.97. The van der Waals surface area contributed by atoms with Gasteiger partial charge in [-0.25, -0.2) is 4.98 Å². The van der Waals surface area contributed by atoms with Gasteiger partial charge >= 0.3 is 0 Å². The summed E-state index contributed by atoms with van der Waals surface area (Å²) in [4.78, 5) is 4.79. The van der Waals surface area contributed by atoms with Gasteiger partial charge in [0.2, 0.25) is 0 Å². The van der Waals surface area contributed by atoms with E-state index in [4.69, 9.17) is 14.5 Å². The third-order valence-electron chi connectivity index (χ3n) is 3.84. The van der Waals surface area contributed by atoms with Crippen LogP contribution in [0.5, 0.6) is 11.5 Å². The van der Waals surface area contributed by atoms with Gasteiger partial charge in [0.1, 0.15) is 0 Å². The van der Waals surface area contributed by atoms with E-state index in [1.807, 2.05) is 25.1 Å². The molecular weight excluding hydrogens is 250 g/mol. The summed E-state index contributed by atoms with van der Waals surface area (Å²) in [5.41, 5.74) is 4.16. The molecule has 3 nitrogen and oxygen atoms in total. The summed E-state index contributed by atoms with van der Waals surface area (Å²) >= 11 is 0. The van der Waals surface area contributed by atoms with Gasteiger partial charge < -0.3 is 9.47 Å². The zero-order chi connectivity index (χ0) is 14.3. The predicted molar refractivity (Wildman–Crippen MR) is 81.8 cm³/mol. The van der Waals surface area contributed by atoms with Gasteiger partial charge in [0.25, 0.3) is 0 Å². The molecule has 0 saturated carbocycles. The van der Waals surface area contributed by atoms with Gasteiger partial charge in [0.05, 0.1) is 25.3 Å². The van der Waals surface area contributed by atoms with E-state index < -0.39 is 0 Å². The van der Waals surface area contributed by atoms with Crippen molar-refractivity contribution in [3.05, 3.63) is 41.5 Å². The molecule has 2 aromatic carbocycles. The minimum atomic E-state index is 0.754. The molecular formula is C17H17NO2. The fraction of sp³-hybridized carbons (Fsp3) is 0.235. The van der Waals surface area contributed by atoms with Gasteiger partial charge in [-0.1, -0.05) is 18.2 Å². The summed E-state index contributed by atoms with van der Waals surface area (Å²) in [6.45, 7) is 4.11. The molecule has 3 aromatic rings. The van der Waals surface area contributed by atoms with Gasteiger partial charge in [-0.15, -0.1) is 0 Å². The highest BCUT2D eigenvalue weighted by Crippen LogP contribution is 2.41. The van der Waals surface area contributed by atoms with E-state index in [9.17, 15) is 0 Å². The molecule has 0 fully saturated rings. The molecule has 0 unspecified atom stereocenters. The lowest BCUT2D eigenvalue weighted by atomic mass is 10.0. The highest BCUT2D eigenvalue weighted by molar-refractivity contribution is 5.99. The normalized spacial score (nSPS) is 11.0. The number of ether oxygens (including phenoxy) is 2. The first-order chi connectivity index (χ1) is 9.67. The Labute approximate surface area is 118 Å². The van der Waals surface area contributed by atoms with Crippen molar-refractivity contribution >= 4 is 21.8 Å². The van der Waals surface area contributed by atoms with Gasteiger partial charge in [0, 0.05) is 10.8 Å². The third-order valence-corrected chi connectivity index (χ3v) is 3.84. The second kappa shape index (κ2) is 4.67.